The van der Waals surface area contributed by atoms with Crippen molar-refractivity contribution < 1.29 is 14.6 Å². The fourth-order valence-corrected chi connectivity index (χ4v) is 2.29. The number of benzene rings is 1. The molecule has 3 rings (SSSR count). The number of carbonyl (C=O) groups is 1. The van der Waals surface area contributed by atoms with E-state index in [-0.39, 0.29) is 6.42 Å². The molecule has 0 unspecified atom stereocenters. The Kier molecular flexibility index (Phi) is 2.91. The average molecular weight is 255 g/mol. The van der Waals surface area contributed by atoms with E-state index in [9.17, 15) is 4.79 Å². The SMILES string of the molecule is O=C(O)Cc1ccc2c(c1)CCc1cccnc1O2. The first-order valence-corrected chi connectivity index (χ1v) is 6.18. The number of carboxylic acids is 1. The molecular formula is C15H13NO3. The summed E-state index contributed by atoms with van der Waals surface area (Å²) >= 11 is 0. The molecule has 1 aromatic carbocycles. The van der Waals surface area contributed by atoms with Gasteiger partial charge in [0.05, 0.1) is 6.42 Å². The third kappa shape index (κ3) is 2.42. The largest absolute Gasteiger partial charge is 0.481 e. The molecule has 0 amide bonds. The van der Waals surface area contributed by atoms with Crippen LogP contribution in [-0.2, 0) is 24.1 Å². The van der Waals surface area contributed by atoms with Crippen molar-refractivity contribution in [3.63, 3.8) is 0 Å². The van der Waals surface area contributed by atoms with E-state index in [0.717, 1.165) is 35.3 Å². The van der Waals surface area contributed by atoms with Crippen LogP contribution in [0.5, 0.6) is 11.6 Å². The van der Waals surface area contributed by atoms with E-state index in [4.69, 9.17) is 9.84 Å². The Hall–Kier alpha value is -2.36. The standard InChI is InChI=1S/C15H13NO3/c17-14(18)9-10-3-6-13-12(8-10)5-4-11-2-1-7-16-15(11)19-13/h1-3,6-8H,4-5,9H2,(H,17,18). The maximum atomic E-state index is 10.7. The summed E-state index contributed by atoms with van der Waals surface area (Å²) < 4.78 is 5.80. The van der Waals surface area contributed by atoms with Crippen molar-refractivity contribution >= 4 is 5.97 Å². The zero-order valence-electron chi connectivity index (χ0n) is 10.3. The van der Waals surface area contributed by atoms with E-state index in [0.29, 0.717) is 5.88 Å². The number of hydrogen-bond acceptors (Lipinski definition) is 3. The third-order valence-corrected chi connectivity index (χ3v) is 3.20. The first-order chi connectivity index (χ1) is 9.22. The van der Waals surface area contributed by atoms with Crippen molar-refractivity contribution in [2.75, 3.05) is 0 Å². The summed E-state index contributed by atoms with van der Waals surface area (Å²) in [7, 11) is 0. The first kappa shape index (κ1) is 11.7. The molecule has 0 radical (unpaired) electrons. The summed E-state index contributed by atoms with van der Waals surface area (Å²) in [5.41, 5.74) is 2.92. The molecule has 1 aromatic heterocycles. The van der Waals surface area contributed by atoms with Gasteiger partial charge >= 0.3 is 5.97 Å². The van der Waals surface area contributed by atoms with Crippen LogP contribution in [0.1, 0.15) is 16.7 Å². The Labute approximate surface area is 110 Å². The van der Waals surface area contributed by atoms with Crippen molar-refractivity contribution in [2.45, 2.75) is 19.3 Å². The number of aryl methyl sites for hydroxylation is 2. The molecule has 1 aliphatic heterocycles. The molecule has 1 N–H and O–H groups in total. The molecule has 0 atom stereocenters. The van der Waals surface area contributed by atoms with Crippen LogP contribution in [0, 0.1) is 0 Å². The summed E-state index contributed by atoms with van der Waals surface area (Å²) in [6.07, 6.45) is 3.44. The minimum absolute atomic E-state index is 0.0402. The van der Waals surface area contributed by atoms with E-state index in [1.807, 2.05) is 24.3 Å². The smallest absolute Gasteiger partial charge is 0.307 e. The first-order valence-electron chi connectivity index (χ1n) is 6.18. The molecule has 4 heteroatoms. The molecule has 0 bridgehead atoms. The second-order valence-corrected chi connectivity index (χ2v) is 4.58. The molecule has 0 aliphatic carbocycles. The van der Waals surface area contributed by atoms with Gasteiger partial charge in [0, 0.05) is 11.8 Å². The van der Waals surface area contributed by atoms with Gasteiger partial charge in [0.15, 0.2) is 0 Å². The van der Waals surface area contributed by atoms with Crippen LogP contribution in [0.15, 0.2) is 36.5 Å². The van der Waals surface area contributed by atoms with Crippen molar-refractivity contribution in [3.05, 3.63) is 53.2 Å². The maximum Gasteiger partial charge on any atom is 0.307 e. The fraction of sp³-hybridized carbons (Fsp3) is 0.200. The van der Waals surface area contributed by atoms with Crippen molar-refractivity contribution in [2.24, 2.45) is 0 Å². The van der Waals surface area contributed by atoms with E-state index in [1.165, 1.54) is 0 Å². The molecule has 4 nitrogen and oxygen atoms in total. The highest BCUT2D eigenvalue weighted by atomic mass is 16.5. The number of fused-ring (bicyclic) bond motifs is 2. The molecular weight excluding hydrogens is 242 g/mol. The molecule has 2 heterocycles. The van der Waals surface area contributed by atoms with Gasteiger partial charge in [-0.05, 0) is 36.1 Å². The summed E-state index contributed by atoms with van der Waals surface area (Å²) in [5.74, 6) is 0.596. The highest BCUT2D eigenvalue weighted by molar-refractivity contribution is 5.70. The molecule has 2 aromatic rings. The van der Waals surface area contributed by atoms with Crippen LogP contribution in [0.4, 0.5) is 0 Å². The molecule has 0 saturated heterocycles. The fourth-order valence-electron chi connectivity index (χ4n) is 2.29. The minimum Gasteiger partial charge on any atom is -0.481 e. The second-order valence-electron chi connectivity index (χ2n) is 4.58. The molecule has 0 saturated carbocycles. The quantitative estimate of drug-likeness (QED) is 0.896. The lowest BCUT2D eigenvalue weighted by Gasteiger charge is -2.08. The number of pyridine rings is 1. The second kappa shape index (κ2) is 4.72. The van der Waals surface area contributed by atoms with Crippen LogP contribution >= 0.6 is 0 Å². The zero-order chi connectivity index (χ0) is 13.2. The lowest BCUT2D eigenvalue weighted by molar-refractivity contribution is -0.136. The van der Waals surface area contributed by atoms with E-state index >= 15 is 0 Å². The minimum atomic E-state index is -0.820. The van der Waals surface area contributed by atoms with Crippen LogP contribution < -0.4 is 4.74 Å². The van der Waals surface area contributed by atoms with Gasteiger partial charge in [-0.15, -0.1) is 0 Å². The Bertz CT molecular complexity index is 637. The predicted molar refractivity (Wildman–Crippen MR) is 69.5 cm³/mol. The number of rotatable bonds is 2. The zero-order valence-corrected chi connectivity index (χ0v) is 10.3. The van der Waals surface area contributed by atoms with Gasteiger partial charge in [-0.1, -0.05) is 18.2 Å². The number of aliphatic carboxylic acids is 1. The number of nitrogens with zero attached hydrogens (tertiary/aromatic N) is 1. The predicted octanol–water partition coefficient (Wildman–Crippen LogP) is 2.60. The van der Waals surface area contributed by atoms with Crippen molar-refractivity contribution in [1.82, 2.24) is 4.98 Å². The summed E-state index contributed by atoms with van der Waals surface area (Å²) in [6, 6.07) is 9.44. The van der Waals surface area contributed by atoms with Gasteiger partial charge in [0.2, 0.25) is 5.88 Å². The molecule has 96 valence electrons. The number of ether oxygens (including phenoxy) is 1. The summed E-state index contributed by atoms with van der Waals surface area (Å²) in [5, 5.41) is 8.83. The lowest BCUT2D eigenvalue weighted by atomic mass is 10.0. The van der Waals surface area contributed by atoms with Gasteiger partial charge in [-0.25, -0.2) is 4.98 Å². The average Bonchev–Trinajstić information content (AvgIpc) is 2.57. The van der Waals surface area contributed by atoms with Crippen molar-refractivity contribution in [3.8, 4) is 11.6 Å². The van der Waals surface area contributed by atoms with Crippen molar-refractivity contribution in [1.29, 1.82) is 0 Å². The maximum absolute atomic E-state index is 10.7. The van der Waals surface area contributed by atoms with Crippen LogP contribution in [-0.4, -0.2) is 16.1 Å². The Morgan fingerprint density at radius 3 is 2.95 bits per heavy atom. The third-order valence-electron chi connectivity index (χ3n) is 3.20. The van der Waals surface area contributed by atoms with Crippen LogP contribution in [0.2, 0.25) is 0 Å². The topological polar surface area (TPSA) is 59.4 Å². The number of carboxylic acid groups (broad SMARTS) is 1. The highest BCUT2D eigenvalue weighted by Crippen LogP contribution is 2.32. The van der Waals surface area contributed by atoms with Gasteiger partial charge in [-0.3, -0.25) is 4.79 Å². The van der Waals surface area contributed by atoms with E-state index in [2.05, 4.69) is 4.98 Å². The van der Waals surface area contributed by atoms with Gasteiger partial charge in [0.1, 0.15) is 5.75 Å². The summed E-state index contributed by atoms with van der Waals surface area (Å²) in [6.45, 7) is 0. The highest BCUT2D eigenvalue weighted by Gasteiger charge is 2.16. The van der Waals surface area contributed by atoms with E-state index in [1.54, 1.807) is 12.3 Å². The summed E-state index contributed by atoms with van der Waals surface area (Å²) in [4.78, 5) is 15.0. The van der Waals surface area contributed by atoms with Crippen LogP contribution in [0.3, 0.4) is 0 Å². The van der Waals surface area contributed by atoms with Gasteiger partial charge in [-0.2, -0.15) is 0 Å². The normalized spacial score (nSPS) is 12.8. The Morgan fingerprint density at radius 1 is 1.26 bits per heavy atom. The molecule has 1 aliphatic rings. The number of hydrogen-bond donors (Lipinski definition) is 1. The number of aromatic nitrogens is 1. The Morgan fingerprint density at radius 2 is 2.11 bits per heavy atom. The molecule has 0 fully saturated rings. The van der Waals surface area contributed by atoms with E-state index < -0.39 is 5.97 Å². The van der Waals surface area contributed by atoms with Gasteiger partial charge in [0.25, 0.3) is 0 Å². The molecule has 19 heavy (non-hydrogen) atoms. The Balaban J connectivity index is 1.95. The monoisotopic (exact) mass is 255 g/mol. The van der Waals surface area contributed by atoms with Crippen LogP contribution in [0.25, 0.3) is 0 Å². The molecule has 0 spiro atoms. The van der Waals surface area contributed by atoms with Gasteiger partial charge < -0.3 is 9.84 Å². The lowest BCUT2D eigenvalue weighted by Crippen LogP contribution is -2.01.